The molecule has 1 unspecified atom stereocenters. The summed E-state index contributed by atoms with van der Waals surface area (Å²) in [5.41, 5.74) is 0.103. The molecule has 1 N–H and O–H groups in total. The van der Waals surface area contributed by atoms with Crippen molar-refractivity contribution in [3.05, 3.63) is 29.8 Å². The summed E-state index contributed by atoms with van der Waals surface area (Å²) in [6.45, 7) is -0.212. The summed E-state index contributed by atoms with van der Waals surface area (Å²) in [6, 6.07) is 5.26. The van der Waals surface area contributed by atoms with Crippen molar-refractivity contribution in [3.8, 4) is 6.07 Å². The molecule has 0 spiro atoms. The van der Waals surface area contributed by atoms with E-state index in [-0.39, 0.29) is 23.4 Å². The van der Waals surface area contributed by atoms with E-state index in [0.717, 1.165) is 12.3 Å². The fourth-order valence-electron chi connectivity index (χ4n) is 2.48. The van der Waals surface area contributed by atoms with Gasteiger partial charge in [-0.2, -0.15) is 18.0 Å². The maximum Gasteiger partial charge on any atom is 0.324 e. The second kappa shape index (κ2) is 6.48. The molecule has 0 radical (unpaired) electrons. The predicted octanol–water partition coefficient (Wildman–Crippen LogP) is -0.249. The van der Waals surface area contributed by atoms with E-state index in [0.29, 0.717) is 4.31 Å². The molecule has 0 aromatic heterocycles. The topological polar surface area (TPSA) is 142 Å². The second-order valence-corrected chi connectivity index (χ2v) is 8.66. The van der Waals surface area contributed by atoms with Crippen LogP contribution in [0.3, 0.4) is 0 Å². The van der Waals surface area contributed by atoms with Gasteiger partial charge in [-0.15, -0.1) is 0 Å². The summed E-state index contributed by atoms with van der Waals surface area (Å²) in [7, 11) is -8.17. The van der Waals surface area contributed by atoms with Crippen LogP contribution in [-0.2, 0) is 29.1 Å². The normalized spacial score (nSPS) is 22.2. The van der Waals surface area contributed by atoms with E-state index in [4.69, 9.17) is 9.44 Å². The number of sulfonamides is 1. The van der Waals surface area contributed by atoms with Crippen LogP contribution in [0.25, 0.3) is 0 Å². The van der Waals surface area contributed by atoms with Crippen LogP contribution in [0.2, 0.25) is 0 Å². The number of benzene rings is 1. The molecular weight excluding hydrogens is 360 g/mol. The van der Waals surface area contributed by atoms with E-state index >= 15 is 0 Å². The highest BCUT2D eigenvalue weighted by molar-refractivity contribution is 7.89. The second-order valence-electron chi connectivity index (χ2n) is 5.17. The molecular formula is C13H14N2O7S2. The minimum atomic E-state index is -4.23. The summed E-state index contributed by atoms with van der Waals surface area (Å²) in [4.78, 5) is 11.2. The largest absolute Gasteiger partial charge is 0.480 e. The van der Waals surface area contributed by atoms with Crippen LogP contribution in [0.1, 0.15) is 12.0 Å². The van der Waals surface area contributed by atoms with Gasteiger partial charge in [-0.25, -0.2) is 8.42 Å². The Balaban J connectivity index is 2.42. The molecule has 1 aliphatic rings. The van der Waals surface area contributed by atoms with Gasteiger partial charge in [0.2, 0.25) is 10.0 Å². The van der Waals surface area contributed by atoms with Gasteiger partial charge in [-0.3, -0.25) is 8.98 Å². The predicted molar refractivity (Wildman–Crippen MR) is 80.8 cm³/mol. The van der Waals surface area contributed by atoms with Crippen molar-refractivity contribution in [2.45, 2.75) is 23.5 Å². The van der Waals surface area contributed by atoms with Gasteiger partial charge in [0.15, 0.2) is 0 Å². The van der Waals surface area contributed by atoms with E-state index in [1.807, 2.05) is 0 Å². The lowest BCUT2D eigenvalue weighted by molar-refractivity contribution is -0.142. The van der Waals surface area contributed by atoms with E-state index in [2.05, 4.69) is 0 Å². The van der Waals surface area contributed by atoms with Crippen molar-refractivity contribution in [2.75, 3.05) is 12.8 Å². The first-order valence-corrected chi connectivity index (χ1v) is 9.95. The summed E-state index contributed by atoms with van der Waals surface area (Å²) < 4.78 is 53.2. The van der Waals surface area contributed by atoms with Gasteiger partial charge in [0.1, 0.15) is 12.1 Å². The zero-order valence-corrected chi connectivity index (χ0v) is 14.1. The fourth-order valence-corrected chi connectivity index (χ4v) is 4.79. The number of rotatable bonds is 5. The van der Waals surface area contributed by atoms with Crippen molar-refractivity contribution in [1.29, 1.82) is 5.26 Å². The molecule has 1 aromatic carbocycles. The molecule has 2 rings (SSSR count). The van der Waals surface area contributed by atoms with Gasteiger partial charge in [-0.05, 0) is 24.6 Å². The molecule has 0 saturated carbocycles. The number of nitrogens with zero attached hydrogens (tertiary/aromatic N) is 2. The van der Waals surface area contributed by atoms with Crippen molar-refractivity contribution in [1.82, 2.24) is 4.31 Å². The molecule has 1 aromatic rings. The lowest BCUT2D eigenvalue weighted by atomic mass is 10.2. The van der Waals surface area contributed by atoms with Gasteiger partial charge in [-0.1, -0.05) is 6.07 Å². The summed E-state index contributed by atoms with van der Waals surface area (Å²) >= 11 is 0. The molecule has 1 fully saturated rings. The molecule has 9 nitrogen and oxygen atoms in total. The molecule has 0 aliphatic carbocycles. The highest BCUT2D eigenvalue weighted by Crippen LogP contribution is 2.29. The standard InChI is InChI=1S/C13H14N2O7S2/c1-23(18,19)22-11-5-6-15(12(11)13(16)17)24(20,21)10-4-2-3-9(7-10)8-14/h2-4,7,11-12H,5-6H2,1H3,(H,16,17)/t11-,12?/m0/s1. The zero-order valence-electron chi connectivity index (χ0n) is 12.5. The first-order valence-electron chi connectivity index (χ1n) is 6.69. The average molecular weight is 374 g/mol. The van der Waals surface area contributed by atoms with Gasteiger partial charge >= 0.3 is 5.97 Å². The number of hydrogen-bond donors (Lipinski definition) is 1. The molecule has 11 heteroatoms. The molecule has 0 bridgehead atoms. The van der Waals surface area contributed by atoms with Crippen LogP contribution in [0.4, 0.5) is 0 Å². The zero-order chi connectivity index (χ0) is 18.1. The quantitative estimate of drug-likeness (QED) is 0.695. The highest BCUT2D eigenvalue weighted by Gasteiger charge is 2.48. The van der Waals surface area contributed by atoms with Crippen LogP contribution in [0, 0.1) is 11.3 Å². The third-order valence-corrected chi connectivity index (χ3v) is 5.89. The van der Waals surface area contributed by atoms with Gasteiger partial charge in [0.25, 0.3) is 10.1 Å². The molecule has 0 amide bonds. The maximum atomic E-state index is 12.7. The molecule has 1 aliphatic heterocycles. The maximum absolute atomic E-state index is 12.7. The molecule has 1 saturated heterocycles. The van der Waals surface area contributed by atoms with Crippen LogP contribution in [-0.4, -0.2) is 57.2 Å². The third-order valence-electron chi connectivity index (χ3n) is 3.42. The Morgan fingerprint density at radius 1 is 1.38 bits per heavy atom. The lowest BCUT2D eigenvalue weighted by Crippen LogP contribution is -2.46. The SMILES string of the molecule is CS(=O)(=O)O[C@H]1CCN(S(=O)(=O)c2cccc(C#N)c2)C1C(=O)O. The summed E-state index contributed by atoms with van der Waals surface area (Å²) in [5.74, 6) is -1.51. The Kier molecular flexibility index (Phi) is 4.95. The van der Waals surface area contributed by atoms with Gasteiger partial charge < -0.3 is 5.11 Å². The average Bonchev–Trinajstić information content (AvgIpc) is 2.89. The van der Waals surface area contributed by atoms with Crippen molar-refractivity contribution in [3.63, 3.8) is 0 Å². The number of carboxylic acid groups (broad SMARTS) is 1. The first kappa shape index (κ1) is 18.3. The van der Waals surface area contributed by atoms with E-state index in [1.54, 1.807) is 6.07 Å². The van der Waals surface area contributed by atoms with E-state index in [1.165, 1.54) is 18.2 Å². The van der Waals surface area contributed by atoms with Gasteiger partial charge in [0, 0.05) is 6.54 Å². The Hall–Kier alpha value is -2.00. The number of carboxylic acids is 1. The smallest absolute Gasteiger partial charge is 0.324 e. The number of carbonyl (C=O) groups is 1. The highest BCUT2D eigenvalue weighted by atomic mass is 32.2. The van der Waals surface area contributed by atoms with Crippen LogP contribution in [0.15, 0.2) is 29.2 Å². The number of nitriles is 1. The van der Waals surface area contributed by atoms with Crippen molar-refractivity contribution in [2.24, 2.45) is 0 Å². The minimum Gasteiger partial charge on any atom is -0.480 e. The van der Waals surface area contributed by atoms with Gasteiger partial charge in [0.05, 0.1) is 22.8 Å². The molecule has 24 heavy (non-hydrogen) atoms. The minimum absolute atomic E-state index is 0.0821. The number of aliphatic carboxylic acids is 1. The van der Waals surface area contributed by atoms with Crippen LogP contribution in [0.5, 0.6) is 0 Å². The van der Waals surface area contributed by atoms with Crippen molar-refractivity contribution >= 4 is 26.1 Å². The monoisotopic (exact) mass is 374 g/mol. The lowest BCUT2D eigenvalue weighted by Gasteiger charge is -2.23. The van der Waals surface area contributed by atoms with Crippen LogP contribution < -0.4 is 0 Å². The summed E-state index contributed by atoms with van der Waals surface area (Å²) in [5, 5.41) is 18.2. The van der Waals surface area contributed by atoms with E-state index < -0.39 is 38.3 Å². The Labute approximate surface area is 139 Å². The summed E-state index contributed by atoms with van der Waals surface area (Å²) in [6.07, 6.45) is -0.632. The third kappa shape index (κ3) is 3.73. The van der Waals surface area contributed by atoms with Crippen molar-refractivity contribution < 1.29 is 30.9 Å². The van der Waals surface area contributed by atoms with E-state index in [9.17, 15) is 26.7 Å². The Bertz CT molecular complexity index is 902. The van der Waals surface area contributed by atoms with Crippen LogP contribution >= 0.6 is 0 Å². The molecule has 130 valence electrons. The molecule has 1 heterocycles. The number of hydrogen-bond acceptors (Lipinski definition) is 7. The fraction of sp³-hybridized carbons (Fsp3) is 0.385. The Morgan fingerprint density at radius 3 is 2.58 bits per heavy atom. The molecule has 2 atom stereocenters. The first-order chi connectivity index (χ1) is 11.1. The Morgan fingerprint density at radius 2 is 2.04 bits per heavy atom.